The van der Waals surface area contributed by atoms with Crippen molar-refractivity contribution in [3.8, 4) is 16.5 Å². The normalized spacial score (nSPS) is 14.5. The summed E-state index contributed by atoms with van der Waals surface area (Å²) in [5.41, 5.74) is 1.06. The van der Waals surface area contributed by atoms with Crippen molar-refractivity contribution in [2.45, 2.75) is 45.4 Å². The highest BCUT2D eigenvalue weighted by Crippen LogP contribution is 2.29. The molecule has 8 heteroatoms. The van der Waals surface area contributed by atoms with E-state index in [0.29, 0.717) is 29.8 Å². The molecule has 4 rings (SSSR count). The maximum Gasteiger partial charge on any atom is 0.252 e. The Bertz CT molecular complexity index is 1020. The van der Waals surface area contributed by atoms with Crippen LogP contribution in [0.2, 0.25) is 0 Å². The third-order valence-corrected chi connectivity index (χ3v) is 5.96. The number of hydrogen-bond acceptors (Lipinski definition) is 5. The van der Waals surface area contributed by atoms with Crippen molar-refractivity contribution >= 4 is 23.1 Å². The van der Waals surface area contributed by atoms with Crippen molar-refractivity contribution in [3.05, 3.63) is 45.7 Å². The minimum Gasteiger partial charge on any atom is -0.310 e. The van der Waals surface area contributed by atoms with Gasteiger partial charge in [-0.25, -0.2) is 4.98 Å². The first-order valence-electron chi connectivity index (χ1n) is 9.60. The summed E-state index contributed by atoms with van der Waals surface area (Å²) in [5, 5.41) is 9.51. The van der Waals surface area contributed by atoms with Crippen LogP contribution in [-0.4, -0.2) is 25.7 Å². The Morgan fingerprint density at radius 1 is 1.36 bits per heavy atom. The van der Waals surface area contributed by atoms with Gasteiger partial charge in [0.15, 0.2) is 0 Å². The fraction of sp³-hybridized carbons (Fsp3) is 0.400. The predicted octanol–water partition coefficient (Wildman–Crippen LogP) is 3.90. The Hall–Kier alpha value is -2.74. The molecule has 28 heavy (non-hydrogen) atoms. The summed E-state index contributed by atoms with van der Waals surface area (Å²) in [4.78, 5) is 32.5. The van der Waals surface area contributed by atoms with Gasteiger partial charge in [0.1, 0.15) is 11.5 Å². The number of carbonyl (C=O) groups is 1. The van der Waals surface area contributed by atoms with Crippen LogP contribution in [0, 0.1) is 12.8 Å². The second-order valence-electron chi connectivity index (χ2n) is 7.25. The molecule has 1 fully saturated rings. The molecule has 1 saturated carbocycles. The van der Waals surface area contributed by atoms with Crippen LogP contribution in [0.4, 0.5) is 5.82 Å². The molecule has 0 saturated heterocycles. The van der Waals surface area contributed by atoms with Crippen LogP contribution in [0.1, 0.15) is 44.2 Å². The Morgan fingerprint density at radius 2 is 2.18 bits per heavy atom. The number of aromatic amines is 1. The number of H-pyrrole nitrogens is 1. The number of carbonyl (C=O) groups excluding carboxylic acids is 1. The number of nitrogens with zero attached hydrogens (tertiary/aromatic N) is 3. The molecule has 2 N–H and O–H groups in total. The largest absolute Gasteiger partial charge is 0.310 e. The molecule has 3 aromatic heterocycles. The van der Waals surface area contributed by atoms with Gasteiger partial charge in [0.05, 0.1) is 4.88 Å². The van der Waals surface area contributed by atoms with Crippen molar-refractivity contribution in [3.63, 3.8) is 0 Å². The van der Waals surface area contributed by atoms with Crippen LogP contribution in [-0.2, 0) is 4.79 Å². The fourth-order valence-electron chi connectivity index (χ4n) is 3.68. The molecule has 7 nitrogen and oxygen atoms in total. The van der Waals surface area contributed by atoms with Gasteiger partial charge < -0.3 is 5.32 Å². The number of thiophene rings is 1. The molecule has 0 spiro atoms. The number of nitrogens with one attached hydrogen (secondary N) is 2. The Kier molecular flexibility index (Phi) is 5.38. The first kappa shape index (κ1) is 18.6. The van der Waals surface area contributed by atoms with E-state index in [1.54, 1.807) is 18.3 Å². The molecular weight excluding hydrogens is 374 g/mol. The molecule has 1 aliphatic rings. The van der Waals surface area contributed by atoms with Crippen LogP contribution in [0.5, 0.6) is 0 Å². The molecule has 3 aromatic rings. The van der Waals surface area contributed by atoms with Gasteiger partial charge in [0, 0.05) is 24.2 Å². The highest BCUT2D eigenvalue weighted by Gasteiger charge is 2.19. The highest BCUT2D eigenvalue weighted by molar-refractivity contribution is 7.13. The number of amides is 1. The molecule has 3 heterocycles. The van der Waals surface area contributed by atoms with Crippen molar-refractivity contribution < 1.29 is 4.79 Å². The van der Waals surface area contributed by atoms with Gasteiger partial charge in [-0.3, -0.25) is 14.6 Å². The molecule has 146 valence electrons. The first-order valence-corrected chi connectivity index (χ1v) is 10.5. The lowest BCUT2D eigenvalue weighted by Gasteiger charge is -2.10. The van der Waals surface area contributed by atoms with E-state index < -0.39 is 0 Å². The first-order chi connectivity index (χ1) is 13.6. The third-order valence-electron chi connectivity index (χ3n) is 5.06. The van der Waals surface area contributed by atoms with Crippen molar-refractivity contribution in [2.75, 3.05) is 5.32 Å². The van der Waals surface area contributed by atoms with Crippen LogP contribution in [0.3, 0.4) is 0 Å². The zero-order chi connectivity index (χ0) is 19.5. The smallest absolute Gasteiger partial charge is 0.252 e. The summed E-state index contributed by atoms with van der Waals surface area (Å²) in [7, 11) is 0. The molecule has 0 unspecified atom stereocenters. The zero-order valence-electron chi connectivity index (χ0n) is 15.8. The lowest BCUT2D eigenvalue weighted by molar-refractivity contribution is -0.116. The minimum atomic E-state index is -0.255. The van der Waals surface area contributed by atoms with Crippen LogP contribution >= 0.6 is 11.3 Å². The van der Waals surface area contributed by atoms with E-state index in [0.717, 1.165) is 17.0 Å². The summed E-state index contributed by atoms with van der Waals surface area (Å²) in [6, 6.07) is 7.16. The topological polar surface area (TPSA) is 92.7 Å². The van der Waals surface area contributed by atoms with E-state index in [-0.39, 0.29) is 11.5 Å². The number of aryl methyl sites for hydroxylation is 1. The van der Waals surface area contributed by atoms with E-state index in [9.17, 15) is 9.59 Å². The van der Waals surface area contributed by atoms with Gasteiger partial charge in [-0.15, -0.1) is 11.3 Å². The lowest BCUT2D eigenvalue weighted by Crippen LogP contribution is -2.19. The molecule has 0 aliphatic heterocycles. The average Bonchev–Trinajstić information content (AvgIpc) is 3.40. The van der Waals surface area contributed by atoms with Gasteiger partial charge in [-0.1, -0.05) is 31.7 Å². The third kappa shape index (κ3) is 4.22. The van der Waals surface area contributed by atoms with Gasteiger partial charge in [-0.05, 0) is 30.7 Å². The summed E-state index contributed by atoms with van der Waals surface area (Å²) in [6.07, 6.45) is 6.40. The van der Waals surface area contributed by atoms with E-state index in [4.69, 9.17) is 0 Å². The zero-order valence-corrected chi connectivity index (χ0v) is 16.6. The highest BCUT2D eigenvalue weighted by atomic mass is 32.1. The lowest BCUT2D eigenvalue weighted by atomic mass is 10.0. The SMILES string of the molecule is Cc1cc(=O)[nH]c(-n2nc(-c3cccs3)cc2NC(=O)CCC2CCCC2)n1. The predicted molar refractivity (Wildman–Crippen MR) is 110 cm³/mol. The van der Waals surface area contributed by atoms with Crippen LogP contribution in [0.25, 0.3) is 16.5 Å². The van der Waals surface area contributed by atoms with E-state index in [2.05, 4.69) is 20.4 Å². The van der Waals surface area contributed by atoms with Gasteiger partial charge in [-0.2, -0.15) is 9.78 Å². The van der Waals surface area contributed by atoms with Gasteiger partial charge in [0.25, 0.3) is 5.56 Å². The van der Waals surface area contributed by atoms with Crippen molar-refractivity contribution in [2.24, 2.45) is 5.92 Å². The van der Waals surface area contributed by atoms with Crippen LogP contribution < -0.4 is 10.9 Å². The Morgan fingerprint density at radius 3 is 2.89 bits per heavy atom. The van der Waals surface area contributed by atoms with Gasteiger partial charge in [0.2, 0.25) is 11.9 Å². The van der Waals surface area contributed by atoms with E-state index in [1.807, 2.05) is 23.6 Å². The summed E-state index contributed by atoms with van der Waals surface area (Å²) < 4.78 is 1.50. The van der Waals surface area contributed by atoms with E-state index >= 15 is 0 Å². The molecule has 1 aliphatic carbocycles. The summed E-state index contributed by atoms with van der Waals surface area (Å²) in [5.74, 6) is 1.42. The minimum absolute atomic E-state index is 0.0409. The van der Waals surface area contributed by atoms with Crippen molar-refractivity contribution in [1.29, 1.82) is 0 Å². The van der Waals surface area contributed by atoms with E-state index in [1.165, 1.54) is 36.4 Å². The Labute approximate surface area is 166 Å². The maximum atomic E-state index is 12.5. The molecule has 1 amide bonds. The van der Waals surface area contributed by atoms with Gasteiger partial charge >= 0.3 is 0 Å². The fourth-order valence-corrected chi connectivity index (χ4v) is 4.36. The van der Waals surface area contributed by atoms with Crippen LogP contribution in [0.15, 0.2) is 34.4 Å². The quantitative estimate of drug-likeness (QED) is 0.660. The number of rotatable bonds is 6. The Balaban J connectivity index is 1.60. The summed E-state index contributed by atoms with van der Waals surface area (Å²) in [6.45, 7) is 1.75. The standard InChI is InChI=1S/C20H23N5O2S/c1-13-11-19(27)23-20(21-13)25-17(12-15(24-25)16-7-4-10-28-16)22-18(26)9-8-14-5-2-3-6-14/h4,7,10-12,14H,2-3,5-6,8-9H2,1H3,(H,22,26)(H,21,23,27). The molecule has 0 atom stereocenters. The second kappa shape index (κ2) is 8.10. The summed E-state index contributed by atoms with van der Waals surface area (Å²) >= 11 is 1.56. The number of aromatic nitrogens is 4. The molecular formula is C20H23N5O2S. The second-order valence-corrected chi connectivity index (χ2v) is 8.20. The maximum absolute atomic E-state index is 12.5. The number of hydrogen-bond donors (Lipinski definition) is 2. The molecule has 0 radical (unpaired) electrons. The molecule has 0 bridgehead atoms. The average molecular weight is 398 g/mol. The van der Waals surface area contributed by atoms with Crippen molar-refractivity contribution in [1.82, 2.24) is 19.7 Å². The number of anilines is 1. The molecule has 0 aromatic carbocycles. The monoisotopic (exact) mass is 397 g/mol.